The van der Waals surface area contributed by atoms with Gasteiger partial charge in [-0.05, 0) is 43.5 Å². The van der Waals surface area contributed by atoms with E-state index < -0.39 is 0 Å². The summed E-state index contributed by atoms with van der Waals surface area (Å²) < 4.78 is 11.4. The van der Waals surface area contributed by atoms with E-state index in [1.807, 2.05) is 0 Å². The van der Waals surface area contributed by atoms with Crippen molar-refractivity contribution in [1.29, 1.82) is 0 Å². The number of hydrogen-bond donors (Lipinski definition) is 0. The molecule has 0 spiro atoms. The Morgan fingerprint density at radius 2 is 1.67 bits per heavy atom. The lowest BCUT2D eigenvalue weighted by Crippen LogP contribution is -2.33. The number of imide groups is 1. The number of hydrogen-bond acceptors (Lipinski definition) is 6. The summed E-state index contributed by atoms with van der Waals surface area (Å²) in [5.74, 6) is -0.500. The average Bonchev–Trinajstić information content (AvgIpc) is 3.06. The second kappa shape index (κ2) is 9.98. The predicted octanol–water partition coefficient (Wildman–Crippen LogP) is 4.06. The number of ketones is 1. The summed E-state index contributed by atoms with van der Waals surface area (Å²) in [6.45, 7) is 1.86. The molecule has 1 aliphatic carbocycles. The number of rotatable bonds is 8. The number of ether oxygens (including phenoxy) is 2. The molecule has 33 heavy (non-hydrogen) atoms. The van der Waals surface area contributed by atoms with Gasteiger partial charge >= 0.3 is 5.97 Å². The van der Waals surface area contributed by atoms with Gasteiger partial charge in [0.15, 0.2) is 5.78 Å². The molecule has 2 aliphatic rings. The van der Waals surface area contributed by atoms with E-state index in [2.05, 4.69) is 0 Å². The number of amides is 2. The third kappa shape index (κ3) is 5.13. The highest BCUT2D eigenvalue weighted by Crippen LogP contribution is 2.28. The Labute approximate surface area is 192 Å². The minimum absolute atomic E-state index is 0.0302. The fourth-order valence-corrected chi connectivity index (χ4v) is 4.50. The minimum atomic E-state index is -0.365. The Balaban J connectivity index is 1.34. The topological polar surface area (TPSA) is 90.0 Å². The first-order valence-electron chi connectivity index (χ1n) is 11.3. The summed E-state index contributed by atoms with van der Waals surface area (Å²) in [4.78, 5) is 50.2. The molecular weight excluding hydrogens is 422 g/mol. The van der Waals surface area contributed by atoms with Gasteiger partial charge in [-0.2, -0.15) is 0 Å². The van der Waals surface area contributed by atoms with Crippen LogP contribution in [0.25, 0.3) is 0 Å². The first-order chi connectivity index (χ1) is 15.9. The molecule has 2 atom stereocenters. The van der Waals surface area contributed by atoms with Crippen LogP contribution in [-0.2, 0) is 9.53 Å². The fraction of sp³-hybridized carbons (Fsp3) is 0.385. The average molecular weight is 450 g/mol. The molecule has 1 heterocycles. The Hall–Kier alpha value is -3.48. The van der Waals surface area contributed by atoms with Crippen LogP contribution >= 0.6 is 0 Å². The summed E-state index contributed by atoms with van der Waals surface area (Å²) in [5, 5.41) is 0. The molecule has 0 N–H and O–H groups in total. The van der Waals surface area contributed by atoms with Crippen molar-refractivity contribution in [1.82, 2.24) is 4.90 Å². The molecular formula is C26H27NO6. The molecule has 1 aliphatic heterocycles. The van der Waals surface area contributed by atoms with Gasteiger partial charge in [-0.3, -0.25) is 24.1 Å². The smallest absolute Gasteiger partial charge is 0.302 e. The normalized spacial score (nSPS) is 19.8. The lowest BCUT2D eigenvalue weighted by molar-refractivity contribution is -0.151. The van der Waals surface area contributed by atoms with Crippen molar-refractivity contribution in [2.24, 2.45) is 5.92 Å². The Kier molecular flexibility index (Phi) is 6.87. The van der Waals surface area contributed by atoms with Crippen molar-refractivity contribution in [3.05, 3.63) is 65.2 Å². The van der Waals surface area contributed by atoms with Gasteiger partial charge in [0.2, 0.25) is 0 Å². The van der Waals surface area contributed by atoms with Gasteiger partial charge in [-0.25, -0.2) is 0 Å². The highest BCUT2D eigenvalue weighted by atomic mass is 16.5. The van der Waals surface area contributed by atoms with Gasteiger partial charge < -0.3 is 9.47 Å². The van der Waals surface area contributed by atoms with E-state index in [1.165, 1.54) is 6.92 Å². The summed E-state index contributed by atoms with van der Waals surface area (Å²) in [7, 11) is 0. The van der Waals surface area contributed by atoms with Crippen LogP contribution in [0.1, 0.15) is 70.1 Å². The molecule has 0 bridgehead atoms. The van der Waals surface area contributed by atoms with Gasteiger partial charge in [-0.1, -0.05) is 30.7 Å². The summed E-state index contributed by atoms with van der Waals surface area (Å²) >= 11 is 0. The van der Waals surface area contributed by atoms with E-state index in [0.29, 0.717) is 29.0 Å². The molecule has 0 saturated heterocycles. The SMILES string of the molecule is CC(=O)OC1CCCCC1COc1cccc(C(=O)CCN2C(=O)c3ccccc3C2=O)c1. The van der Waals surface area contributed by atoms with E-state index in [-0.39, 0.29) is 48.6 Å². The van der Waals surface area contributed by atoms with Crippen LogP contribution < -0.4 is 4.74 Å². The molecule has 2 amide bonds. The quantitative estimate of drug-likeness (QED) is 0.343. The Morgan fingerprint density at radius 1 is 0.970 bits per heavy atom. The third-order valence-electron chi connectivity index (χ3n) is 6.22. The van der Waals surface area contributed by atoms with Crippen molar-refractivity contribution in [2.75, 3.05) is 13.2 Å². The van der Waals surface area contributed by atoms with Crippen molar-refractivity contribution >= 4 is 23.6 Å². The molecule has 0 radical (unpaired) electrons. The van der Waals surface area contributed by atoms with E-state index in [0.717, 1.165) is 30.6 Å². The van der Waals surface area contributed by atoms with Crippen molar-refractivity contribution in [2.45, 2.75) is 45.1 Å². The molecule has 1 saturated carbocycles. The first-order valence-corrected chi connectivity index (χ1v) is 11.3. The monoisotopic (exact) mass is 449 g/mol. The predicted molar refractivity (Wildman–Crippen MR) is 120 cm³/mol. The van der Waals surface area contributed by atoms with E-state index in [4.69, 9.17) is 9.47 Å². The van der Waals surface area contributed by atoms with Gasteiger partial charge in [0, 0.05) is 31.4 Å². The highest BCUT2D eigenvalue weighted by molar-refractivity contribution is 6.21. The van der Waals surface area contributed by atoms with Crippen LogP contribution in [-0.4, -0.2) is 47.7 Å². The number of nitrogens with zero attached hydrogens (tertiary/aromatic N) is 1. The zero-order valence-electron chi connectivity index (χ0n) is 18.6. The lowest BCUT2D eigenvalue weighted by atomic mass is 9.87. The summed E-state index contributed by atoms with van der Waals surface area (Å²) in [6, 6.07) is 13.6. The number of fused-ring (bicyclic) bond motifs is 1. The number of carbonyl (C=O) groups excluding carboxylic acids is 4. The second-order valence-corrected chi connectivity index (χ2v) is 8.51. The Bertz CT molecular complexity index is 1040. The van der Waals surface area contributed by atoms with E-state index in [9.17, 15) is 19.2 Å². The maximum absolute atomic E-state index is 12.8. The summed E-state index contributed by atoms with van der Waals surface area (Å²) in [6.07, 6.45) is 3.77. The zero-order valence-corrected chi connectivity index (χ0v) is 18.6. The maximum Gasteiger partial charge on any atom is 0.302 e. The minimum Gasteiger partial charge on any atom is -0.493 e. The molecule has 1 fully saturated rings. The van der Waals surface area contributed by atoms with Crippen molar-refractivity contribution < 1.29 is 28.7 Å². The molecule has 2 aromatic carbocycles. The highest BCUT2D eigenvalue weighted by Gasteiger charge is 2.35. The van der Waals surface area contributed by atoms with Crippen LogP contribution in [0.4, 0.5) is 0 Å². The van der Waals surface area contributed by atoms with E-state index >= 15 is 0 Å². The number of Topliss-reactive ketones (excluding diaryl/α,β-unsaturated/α-hetero) is 1. The largest absolute Gasteiger partial charge is 0.493 e. The fourth-order valence-electron chi connectivity index (χ4n) is 4.50. The molecule has 2 aromatic rings. The molecule has 7 nitrogen and oxygen atoms in total. The molecule has 172 valence electrons. The van der Waals surface area contributed by atoms with Gasteiger partial charge in [0.1, 0.15) is 11.9 Å². The van der Waals surface area contributed by atoms with Gasteiger partial charge in [0.25, 0.3) is 11.8 Å². The van der Waals surface area contributed by atoms with Crippen LogP contribution in [0.5, 0.6) is 5.75 Å². The van der Waals surface area contributed by atoms with Crippen LogP contribution in [0, 0.1) is 5.92 Å². The van der Waals surface area contributed by atoms with Crippen molar-refractivity contribution in [3.8, 4) is 5.75 Å². The summed E-state index contributed by atoms with van der Waals surface area (Å²) in [5.41, 5.74) is 1.21. The van der Waals surface area contributed by atoms with E-state index in [1.54, 1.807) is 48.5 Å². The third-order valence-corrected chi connectivity index (χ3v) is 6.22. The lowest BCUT2D eigenvalue weighted by Gasteiger charge is -2.30. The molecule has 2 unspecified atom stereocenters. The second-order valence-electron chi connectivity index (χ2n) is 8.51. The number of benzene rings is 2. The zero-order chi connectivity index (χ0) is 23.4. The van der Waals surface area contributed by atoms with Crippen LogP contribution in [0.15, 0.2) is 48.5 Å². The van der Waals surface area contributed by atoms with Crippen LogP contribution in [0.2, 0.25) is 0 Å². The number of esters is 1. The molecule has 0 aromatic heterocycles. The molecule has 7 heteroatoms. The van der Waals surface area contributed by atoms with Crippen molar-refractivity contribution in [3.63, 3.8) is 0 Å². The van der Waals surface area contributed by atoms with Crippen LogP contribution in [0.3, 0.4) is 0 Å². The Morgan fingerprint density at radius 3 is 2.36 bits per heavy atom. The van der Waals surface area contributed by atoms with Gasteiger partial charge in [0.05, 0.1) is 17.7 Å². The first kappa shape index (κ1) is 22.7. The maximum atomic E-state index is 12.8. The van der Waals surface area contributed by atoms with Gasteiger partial charge in [-0.15, -0.1) is 0 Å². The number of carbonyl (C=O) groups is 4. The molecule has 4 rings (SSSR count). The standard InChI is InChI=1S/C26H27NO6/c1-17(28)33-24-12-5-2-7-19(24)16-32-20-9-6-8-18(15-20)23(29)13-14-27-25(30)21-10-3-4-11-22(21)26(27)31/h3-4,6,8-11,15,19,24H,2,5,7,12-14,16H2,1H3.